The second-order valence-electron chi connectivity index (χ2n) is 4.80. The van der Waals surface area contributed by atoms with E-state index < -0.39 is 5.63 Å². The van der Waals surface area contributed by atoms with Crippen molar-refractivity contribution < 1.29 is 9.52 Å². The van der Waals surface area contributed by atoms with Crippen molar-refractivity contribution in [1.82, 2.24) is 20.2 Å². The summed E-state index contributed by atoms with van der Waals surface area (Å²) in [5.41, 5.74) is 1.58. The van der Waals surface area contributed by atoms with Crippen LogP contribution in [0.3, 0.4) is 0 Å². The number of fused-ring (bicyclic) bond motifs is 1. The van der Waals surface area contributed by atoms with Gasteiger partial charge in [0.25, 0.3) is 0 Å². The molecule has 0 saturated carbocycles. The molecule has 0 aliphatic rings. The van der Waals surface area contributed by atoms with E-state index >= 15 is 0 Å². The highest BCUT2D eigenvalue weighted by Crippen LogP contribution is 2.29. The van der Waals surface area contributed by atoms with Gasteiger partial charge in [0.05, 0.1) is 0 Å². The van der Waals surface area contributed by atoms with Crippen LogP contribution < -0.4 is 5.63 Å². The van der Waals surface area contributed by atoms with Crippen LogP contribution in [-0.4, -0.2) is 25.3 Å². The first-order valence-corrected chi connectivity index (χ1v) is 7.71. The molecule has 0 fully saturated rings. The highest BCUT2D eigenvalue weighted by atomic mass is 32.2. The molecule has 3 aromatic rings. The van der Waals surface area contributed by atoms with Crippen molar-refractivity contribution in [2.24, 2.45) is 7.05 Å². The molecule has 0 atom stereocenters. The number of aromatic hydroxyl groups is 1. The van der Waals surface area contributed by atoms with E-state index in [1.54, 1.807) is 11.7 Å². The van der Waals surface area contributed by atoms with Crippen LogP contribution in [0.25, 0.3) is 11.0 Å². The zero-order valence-corrected chi connectivity index (χ0v) is 12.9. The Bertz CT molecular complexity index is 887. The number of aryl methyl sites for hydroxylation is 2. The van der Waals surface area contributed by atoms with Crippen LogP contribution in [0, 0.1) is 0 Å². The van der Waals surface area contributed by atoms with Crippen molar-refractivity contribution in [1.29, 1.82) is 0 Å². The number of phenolic OH excluding ortho intramolecular Hbond substituents is 1. The quantitative estimate of drug-likeness (QED) is 0.579. The summed E-state index contributed by atoms with van der Waals surface area (Å²) in [5.74, 6) is 0.671. The lowest BCUT2D eigenvalue weighted by Gasteiger charge is -2.08. The predicted molar refractivity (Wildman–Crippen MR) is 81.9 cm³/mol. The molecule has 3 rings (SSSR count). The van der Waals surface area contributed by atoms with E-state index in [0.717, 1.165) is 16.5 Å². The molecule has 0 unspecified atom stereocenters. The Hall–Kier alpha value is -2.35. The Morgan fingerprint density at radius 2 is 2.14 bits per heavy atom. The van der Waals surface area contributed by atoms with Crippen molar-refractivity contribution in [2.45, 2.75) is 24.3 Å². The topological polar surface area (TPSA) is 94.0 Å². The minimum absolute atomic E-state index is 0.139. The Kier molecular flexibility index (Phi) is 3.84. The number of benzene rings is 1. The molecule has 0 amide bonds. The van der Waals surface area contributed by atoms with Gasteiger partial charge >= 0.3 is 5.63 Å². The molecule has 114 valence electrons. The minimum Gasteiger partial charge on any atom is -0.508 e. The Labute approximate surface area is 129 Å². The van der Waals surface area contributed by atoms with Crippen LogP contribution in [0.1, 0.15) is 18.1 Å². The number of hydrogen-bond donors (Lipinski definition) is 1. The van der Waals surface area contributed by atoms with E-state index in [1.165, 1.54) is 23.9 Å². The van der Waals surface area contributed by atoms with E-state index in [4.69, 9.17) is 4.42 Å². The van der Waals surface area contributed by atoms with E-state index in [9.17, 15) is 9.90 Å². The lowest BCUT2D eigenvalue weighted by Crippen LogP contribution is -2.01. The summed E-state index contributed by atoms with van der Waals surface area (Å²) in [6.07, 6.45) is 0.695. The van der Waals surface area contributed by atoms with Gasteiger partial charge in [-0.1, -0.05) is 18.7 Å². The van der Waals surface area contributed by atoms with Gasteiger partial charge in [-0.2, -0.15) is 0 Å². The fourth-order valence-corrected chi connectivity index (χ4v) is 3.04. The lowest BCUT2D eigenvalue weighted by molar-refractivity contribution is 0.466. The molecule has 0 radical (unpaired) electrons. The minimum atomic E-state index is -0.442. The molecule has 0 spiro atoms. The van der Waals surface area contributed by atoms with Crippen molar-refractivity contribution in [3.63, 3.8) is 0 Å². The largest absolute Gasteiger partial charge is 0.508 e. The normalized spacial score (nSPS) is 11.2. The number of hydrogen-bond acceptors (Lipinski definition) is 7. The molecule has 0 bridgehead atoms. The van der Waals surface area contributed by atoms with Crippen LogP contribution in [0.5, 0.6) is 5.75 Å². The molecular weight excluding hydrogens is 304 g/mol. The van der Waals surface area contributed by atoms with Crippen LogP contribution in [0.2, 0.25) is 0 Å². The summed E-state index contributed by atoms with van der Waals surface area (Å²) in [4.78, 5) is 11.7. The molecule has 0 aliphatic carbocycles. The Balaban J connectivity index is 2.04. The molecule has 8 heteroatoms. The van der Waals surface area contributed by atoms with Gasteiger partial charge in [-0.25, -0.2) is 9.48 Å². The first-order valence-electron chi connectivity index (χ1n) is 6.72. The fraction of sp³-hybridized carbons (Fsp3) is 0.286. The summed E-state index contributed by atoms with van der Waals surface area (Å²) in [6.45, 7) is 1.96. The summed E-state index contributed by atoms with van der Waals surface area (Å²) < 4.78 is 6.74. The van der Waals surface area contributed by atoms with Gasteiger partial charge in [0.15, 0.2) is 0 Å². The number of aromatic nitrogens is 4. The molecule has 2 aromatic heterocycles. The van der Waals surface area contributed by atoms with Gasteiger partial charge in [-0.15, -0.1) is 5.10 Å². The molecule has 2 heterocycles. The van der Waals surface area contributed by atoms with Crippen molar-refractivity contribution in [3.8, 4) is 5.75 Å². The number of tetrazole rings is 1. The number of phenols is 1. The standard InChI is InChI=1S/C14H14N4O3S/c1-3-8-4-10-9(7-22-14-15-16-17-18(14)2)5-13(20)21-12(10)6-11(8)19/h4-6,19H,3,7H2,1-2H3. The monoisotopic (exact) mass is 318 g/mol. The molecule has 1 aromatic carbocycles. The van der Waals surface area contributed by atoms with Gasteiger partial charge in [0.2, 0.25) is 5.16 Å². The van der Waals surface area contributed by atoms with E-state index in [0.29, 0.717) is 22.9 Å². The third-order valence-electron chi connectivity index (χ3n) is 3.35. The second kappa shape index (κ2) is 5.80. The molecule has 22 heavy (non-hydrogen) atoms. The highest BCUT2D eigenvalue weighted by molar-refractivity contribution is 7.98. The molecule has 7 nitrogen and oxygen atoms in total. The highest BCUT2D eigenvalue weighted by Gasteiger charge is 2.11. The fourth-order valence-electron chi connectivity index (χ4n) is 2.20. The molecular formula is C14H14N4O3S. The summed E-state index contributed by atoms with van der Waals surface area (Å²) in [6, 6.07) is 4.82. The molecule has 1 N–H and O–H groups in total. The maximum absolute atomic E-state index is 11.7. The summed E-state index contributed by atoms with van der Waals surface area (Å²) in [5, 5.41) is 22.6. The van der Waals surface area contributed by atoms with E-state index in [2.05, 4.69) is 15.5 Å². The van der Waals surface area contributed by atoms with E-state index in [1.807, 2.05) is 13.0 Å². The Morgan fingerprint density at radius 3 is 2.82 bits per heavy atom. The average Bonchev–Trinajstić information content (AvgIpc) is 2.89. The van der Waals surface area contributed by atoms with E-state index in [-0.39, 0.29) is 5.75 Å². The van der Waals surface area contributed by atoms with Gasteiger partial charge in [-0.3, -0.25) is 0 Å². The number of rotatable bonds is 4. The predicted octanol–water partition coefficient (Wildman–Crippen LogP) is 1.88. The first kappa shape index (κ1) is 14.6. The Morgan fingerprint density at radius 1 is 1.32 bits per heavy atom. The van der Waals surface area contributed by atoms with Crippen LogP contribution in [0.15, 0.2) is 32.6 Å². The smallest absolute Gasteiger partial charge is 0.336 e. The second-order valence-corrected chi connectivity index (χ2v) is 5.74. The van der Waals surface area contributed by atoms with Gasteiger partial charge in [0, 0.05) is 30.3 Å². The maximum Gasteiger partial charge on any atom is 0.336 e. The van der Waals surface area contributed by atoms with Crippen LogP contribution in [-0.2, 0) is 19.2 Å². The van der Waals surface area contributed by atoms with Gasteiger partial charge in [0.1, 0.15) is 11.3 Å². The lowest BCUT2D eigenvalue weighted by atomic mass is 10.1. The van der Waals surface area contributed by atoms with Crippen molar-refractivity contribution in [2.75, 3.05) is 0 Å². The summed E-state index contributed by atoms with van der Waals surface area (Å²) >= 11 is 1.43. The zero-order chi connectivity index (χ0) is 15.7. The number of thioether (sulfide) groups is 1. The molecule has 0 aliphatic heterocycles. The van der Waals surface area contributed by atoms with Crippen molar-refractivity contribution in [3.05, 3.63) is 39.7 Å². The van der Waals surface area contributed by atoms with Crippen molar-refractivity contribution >= 4 is 22.7 Å². The SMILES string of the molecule is CCc1cc2c(CSc3nnnn3C)cc(=O)oc2cc1O. The van der Waals surface area contributed by atoms with Crippen LogP contribution >= 0.6 is 11.8 Å². The first-order chi connectivity index (χ1) is 10.6. The molecule has 0 saturated heterocycles. The maximum atomic E-state index is 11.7. The summed E-state index contributed by atoms with van der Waals surface area (Å²) in [7, 11) is 1.76. The third kappa shape index (κ3) is 2.69. The third-order valence-corrected chi connectivity index (χ3v) is 4.41. The number of nitrogens with zero attached hydrogens (tertiary/aromatic N) is 4. The zero-order valence-electron chi connectivity index (χ0n) is 12.1. The average molecular weight is 318 g/mol. The van der Waals surface area contributed by atoms with Gasteiger partial charge < -0.3 is 9.52 Å². The van der Waals surface area contributed by atoms with Gasteiger partial charge in [-0.05, 0) is 34.0 Å². The van der Waals surface area contributed by atoms with Crippen LogP contribution in [0.4, 0.5) is 0 Å².